The molecule has 0 unspecified atom stereocenters. The molecular weight excluding hydrogens is 355 g/mol. The zero-order valence-corrected chi connectivity index (χ0v) is 16.1. The molecule has 4 rings (SSSR count). The average molecular weight is 382 g/mol. The van der Waals surface area contributed by atoms with Gasteiger partial charge in [-0.15, -0.1) is 0 Å². The molecule has 0 spiro atoms. The average Bonchev–Trinajstić information content (AvgIpc) is 2.75. The molecule has 0 radical (unpaired) electrons. The molecule has 0 bridgehead atoms. The first kappa shape index (κ1) is 18.6. The Labute approximate surface area is 165 Å². The summed E-state index contributed by atoms with van der Waals surface area (Å²) in [6, 6.07) is 14.6. The zero-order chi connectivity index (χ0) is 19.3. The van der Waals surface area contributed by atoms with E-state index in [-0.39, 0.29) is 11.8 Å². The molecule has 2 fully saturated rings. The van der Waals surface area contributed by atoms with Gasteiger partial charge in [0.05, 0.1) is 0 Å². The van der Waals surface area contributed by atoms with Gasteiger partial charge in [-0.2, -0.15) is 0 Å². The number of rotatable bonds is 3. The Morgan fingerprint density at radius 2 is 1.25 bits per heavy atom. The molecule has 0 atom stereocenters. The van der Waals surface area contributed by atoms with Crippen LogP contribution in [0.25, 0.3) is 0 Å². The van der Waals surface area contributed by atoms with Crippen LogP contribution in [-0.2, 0) is 0 Å². The van der Waals surface area contributed by atoms with Crippen LogP contribution in [0.15, 0.2) is 48.5 Å². The fraction of sp³-hybridized carbons (Fsp3) is 0.409. The number of halogens is 1. The van der Waals surface area contributed by atoms with E-state index >= 15 is 0 Å². The molecule has 2 amide bonds. The third-order valence-electron chi connectivity index (χ3n) is 5.60. The molecule has 5 nitrogen and oxygen atoms in total. The van der Waals surface area contributed by atoms with Crippen molar-refractivity contribution in [1.82, 2.24) is 4.90 Å². The normalized spacial score (nSPS) is 17.5. The molecule has 148 valence electrons. The highest BCUT2D eigenvalue weighted by Crippen LogP contribution is 2.22. The van der Waals surface area contributed by atoms with E-state index in [2.05, 4.69) is 27.2 Å². The van der Waals surface area contributed by atoms with Crippen LogP contribution < -0.4 is 15.1 Å². The van der Waals surface area contributed by atoms with E-state index in [0.717, 1.165) is 37.6 Å². The van der Waals surface area contributed by atoms with Gasteiger partial charge in [0.2, 0.25) is 0 Å². The molecule has 2 aliphatic heterocycles. The smallest absolute Gasteiger partial charge is 0.321 e. The number of nitrogens with zero attached hydrogens (tertiary/aromatic N) is 3. The minimum absolute atomic E-state index is 0.0653. The van der Waals surface area contributed by atoms with E-state index in [1.54, 1.807) is 12.1 Å². The summed E-state index contributed by atoms with van der Waals surface area (Å²) in [6.45, 7) is 5.01. The number of amides is 2. The summed E-state index contributed by atoms with van der Waals surface area (Å²) in [4.78, 5) is 19.0. The van der Waals surface area contributed by atoms with E-state index < -0.39 is 0 Å². The lowest BCUT2D eigenvalue weighted by Gasteiger charge is -2.36. The van der Waals surface area contributed by atoms with Crippen molar-refractivity contribution < 1.29 is 9.18 Å². The number of anilines is 3. The molecule has 6 heteroatoms. The molecule has 2 aromatic rings. The molecule has 0 saturated carbocycles. The van der Waals surface area contributed by atoms with Gasteiger partial charge in [0.15, 0.2) is 0 Å². The molecule has 0 aromatic heterocycles. The Hall–Kier alpha value is -2.76. The van der Waals surface area contributed by atoms with Crippen molar-refractivity contribution in [3.05, 3.63) is 54.3 Å². The Balaban J connectivity index is 1.29. The van der Waals surface area contributed by atoms with Gasteiger partial charge in [-0.3, -0.25) is 0 Å². The highest BCUT2D eigenvalue weighted by Gasteiger charge is 2.21. The number of carbonyl (C=O) groups is 1. The van der Waals surface area contributed by atoms with Crippen molar-refractivity contribution in [2.24, 2.45) is 0 Å². The number of carbonyl (C=O) groups excluding carboxylic acids is 1. The maximum Gasteiger partial charge on any atom is 0.321 e. The Bertz CT molecular complexity index is 779. The second kappa shape index (κ2) is 8.50. The second-order valence-corrected chi connectivity index (χ2v) is 7.48. The van der Waals surface area contributed by atoms with Crippen molar-refractivity contribution in [1.29, 1.82) is 0 Å². The van der Waals surface area contributed by atoms with E-state index in [1.165, 1.54) is 37.1 Å². The van der Waals surface area contributed by atoms with Crippen molar-refractivity contribution in [3.63, 3.8) is 0 Å². The number of urea groups is 1. The first-order valence-electron chi connectivity index (χ1n) is 10.1. The first-order chi connectivity index (χ1) is 13.7. The fourth-order valence-corrected chi connectivity index (χ4v) is 3.93. The molecule has 2 aliphatic rings. The predicted molar refractivity (Wildman–Crippen MR) is 112 cm³/mol. The van der Waals surface area contributed by atoms with Gasteiger partial charge >= 0.3 is 6.03 Å². The lowest BCUT2D eigenvalue weighted by molar-refractivity contribution is 0.208. The maximum atomic E-state index is 13.1. The number of hydrogen-bond donors (Lipinski definition) is 1. The van der Waals surface area contributed by atoms with Gasteiger partial charge in [-0.1, -0.05) is 0 Å². The van der Waals surface area contributed by atoms with Crippen LogP contribution in [0.5, 0.6) is 0 Å². The molecule has 2 aromatic carbocycles. The Morgan fingerprint density at radius 3 is 1.86 bits per heavy atom. The van der Waals surface area contributed by atoms with Crippen LogP contribution in [0.1, 0.15) is 19.3 Å². The van der Waals surface area contributed by atoms with Crippen molar-refractivity contribution in [2.45, 2.75) is 19.3 Å². The summed E-state index contributed by atoms with van der Waals surface area (Å²) in [5.41, 5.74) is 3.05. The van der Waals surface area contributed by atoms with Crippen LogP contribution >= 0.6 is 0 Å². The van der Waals surface area contributed by atoms with Crippen molar-refractivity contribution in [3.8, 4) is 0 Å². The SMILES string of the molecule is O=C(Nc1ccc(N2CCCCC2)cc1)N1CCN(c2ccc(F)cc2)CC1. The maximum absolute atomic E-state index is 13.1. The number of hydrogen-bond acceptors (Lipinski definition) is 3. The molecule has 2 heterocycles. The quantitative estimate of drug-likeness (QED) is 0.866. The van der Waals surface area contributed by atoms with Gasteiger partial charge in [-0.25, -0.2) is 9.18 Å². The topological polar surface area (TPSA) is 38.8 Å². The second-order valence-electron chi connectivity index (χ2n) is 7.48. The predicted octanol–water partition coefficient (Wildman–Crippen LogP) is 4.17. The lowest BCUT2D eigenvalue weighted by Crippen LogP contribution is -2.50. The fourth-order valence-electron chi connectivity index (χ4n) is 3.93. The van der Waals surface area contributed by atoms with Gasteiger partial charge in [0.1, 0.15) is 5.82 Å². The van der Waals surface area contributed by atoms with Gasteiger partial charge in [0.25, 0.3) is 0 Å². The molecule has 1 N–H and O–H groups in total. The summed E-state index contributed by atoms with van der Waals surface area (Å²) < 4.78 is 13.1. The summed E-state index contributed by atoms with van der Waals surface area (Å²) >= 11 is 0. The minimum Gasteiger partial charge on any atom is -0.372 e. The van der Waals surface area contributed by atoms with E-state index in [4.69, 9.17) is 0 Å². The summed E-state index contributed by atoms with van der Waals surface area (Å²) in [7, 11) is 0. The van der Waals surface area contributed by atoms with Gasteiger partial charge < -0.3 is 20.0 Å². The van der Waals surface area contributed by atoms with Gasteiger partial charge in [0, 0.05) is 56.3 Å². The van der Waals surface area contributed by atoms with Crippen LogP contribution in [0.4, 0.5) is 26.2 Å². The third kappa shape index (κ3) is 4.38. The molecule has 2 saturated heterocycles. The van der Waals surface area contributed by atoms with Crippen LogP contribution in [0, 0.1) is 5.82 Å². The first-order valence-corrected chi connectivity index (χ1v) is 10.1. The van der Waals surface area contributed by atoms with Crippen LogP contribution in [0.2, 0.25) is 0 Å². The monoisotopic (exact) mass is 382 g/mol. The lowest BCUT2D eigenvalue weighted by atomic mass is 10.1. The number of piperidine rings is 1. The zero-order valence-electron chi connectivity index (χ0n) is 16.1. The van der Waals surface area contributed by atoms with E-state index in [1.807, 2.05) is 17.0 Å². The number of benzene rings is 2. The molecule has 0 aliphatic carbocycles. The van der Waals surface area contributed by atoms with Crippen molar-refractivity contribution >= 4 is 23.1 Å². The largest absolute Gasteiger partial charge is 0.372 e. The van der Waals surface area contributed by atoms with Gasteiger partial charge in [-0.05, 0) is 67.8 Å². The minimum atomic E-state index is -0.229. The van der Waals surface area contributed by atoms with Crippen molar-refractivity contribution in [2.75, 3.05) is 54.4 Å². The third-order valence-corrected chi connectivity index (χ3v) is 5.60. The summed E-state index contributed by atoms with van der Waals surface area (Å²) in [5, 5.41) is 3.00. The highest BCUT2D eigenvalue weighted by atomic mass is 19.1. The molecular formula is C22H27FN4O. The standard InChI is InChI=1S/C22H27FN4O/c23-18-4-8-20(9-5-18)26-14-16-27(17-15-26)22(28)24-19-6-10-21(11-7-19)25-12-2-1-3-13-25/h4-11H,1-3,12-17H2,(H,24,28). The van der Waals surface area contributed by atoms with Crippen LogP contribution in [0.3, 0.4) is 0 Å². The highest BCUT2D eigenvalue weighted by molar-refractivity contribution is 5.89. The summed E-state index contributed by atoms with van der Waals surface area (Å²) in [6.07, 6.45) is 3.82. The number of piperazine rings is 1. The van der Waals surface area contributed by atoms with E-state index in [9.17, 15) is 9.18 Å². The molecule has 28 heavy (non-hydrogen) atoms. The Morgan fingerprint density at radius 1 is 0.714 bits per heavy atom. The Kier molecular flexibility index (Phi) is 5.65. The van der Waals surface area contributed by atoms with Crippen LogP contribution in [-0.4, -0.2) is 50.2 Å². The van der Waals surface area contributed by atoms with E-state index in [0.29, 0.717) is 13.1 Å². The number of nitrogens with one attached hydrogen (secondary N) is 1. The summed E-state index contributed by atoms with van der Waals surface area (Å²) in [5.74, 6) is -0.229.